The molecule has 3 nitrogen and oxygen atoms in total. The maximum absolute atomic E-state index is 11.3. The number of carbonyl (C=O) groups excluding carboxylic acids is 1. The molecule has 1 aromatic carbocycles. The summed E-state index contributed by atoms with van der Waals surface area (Å²) in [6.45, 7) is 4.57. The molecule has 1 aliphatic rings. The van der Waals surface area contributed by atoms with Crippen molar-refractivity contribution in [1.29, 1.82) is 0 Å². The molecule has 0 bridgehead atoms. The van der Waals surface area contributed by atoms with Gasteiger partial charge in [0.05, 0.1) is 0 Å². The summed E-state index contributed by atoms with van der Waals surface area (Å²) in [5.41, 5.74) is 3.83. The van der Waals surface area contributed by atoms with Crippen LogP contribution in [-0.2, 0) is 6.42 Å². The number of aryl methyl sites for hydroxylation is 2. The molecule has 2 heterocycles. The molecule has 19 heavy (non-hydrogen) atoms. The van der Waals surface area contributed by atoms with Gasteiger partial charge >= 0.3 is 0 Å². The van der Waals surface area contributed by atoms with Crippen LogP contribution in [0.5, 0.6) is 0 Å². The summed E-state index contributed by atoms with van der Waals surface area (Å²) < 4.78 is 5.65. The van der Waals surface area contributed by atoms with Crippen molar-refractivity contribution in [2.75, 3.05) is 11.4 Å². The van der Waals surface area contributed by atoms with Crippen LogP contribution in [0.2, 0.25) is 0 Å². The van der Waals surface area contributed by atoms with Crippen molar-refractivity contribution < 1.29 is 9.21 Å². The first-order valence-electron chi connectivity index (χ1n) is 6.63. The largest absolute Gasteiger partial charge is 0.437 e. The number of rotatable bonds is 2. The molecule has 0 radical (unpaired) electrons. The molecule has 0 fully saturated rings. The van der Waals surface area contributed by atoms with Crippen molar-refractivity contribution >= 4 is 17.4 Å². The van der Waals surface area contributed by atoms with Crippen LogP contribution in [0.15, 0.2) is 34.7 Å². The van der Waals surface area contributed by atoms with Gasteiger partial charge in [0, 0.05) is 25.2 Å². The van der Waals surface area contributed by atoms with E-state index < -0.39 is 0 Å². The lowest BCUT2D eigenvalue weighted by Gasteiger charge is -2.29. The Hall–Kier alpha value is -2.03. The molecule has 2 aromatic rings. The normalized spacial score (nSPS) is 14.3. The van der Waals surface area contributed by atoms with Crippen LogP contribution in [-0.4, -0.2) is 12.3 Å². The van der Waals surface area contributed by atoms with Crippen LogP contribution >= 0.6 is 0 Å². The Balaban J connectivity index is 2.00. The minimum atomic E-state index is -0.0348. The van der Waals surface area contributed by atoms with Gasteiger partial charge in [0.2, 0.25) is 5.88 Å². The van der Waals surface area contributed by atoms with E-state index in [-0.39, 0.29) is 5.78 Å². The van der Waals surface area contributed by atoms with Crippen LogP contribution < -0.4 is 4.90 Å². The van der Waals surface area contributed by atoms with Crippen molar-refractivity contribution in [1.82, 2.24) is 0 Å². The van der Waals surface area contributed by atoms with Gasteiger partial charge in [-0.1, -0.05) is 17.7 Å². The molecule has 1 aromatic heterocycles. The summed E-state index contributed by atoms with van der Waals surface area (Å²) in [6.07, 6.45) is 2.21. The quantitative estimate of drug-likeness (QED) is 0.764. The van der Waals surface area contributed by atoms with Crippen molar-refractivity contribution in [2.45, 2.75) is 26.7 Å². The number of anilines is 2. The van der Waals surface area contributed by atoms with E-state index in [0.29, 0.717) is 5.76 Å². The Labute approximate surface area is 112 Å². The summed E-state index contributed by atoms with van der Waals surface area (Å²) in [4.78, 5) is 13.5. The second-order valence-corrected chi connectivity index (χ2v) is 5.08. The van der Waals surface area contributed by atoms with Gasteiger partial charge in [-0.25, -0.2) is 0 Å². The molecule has 0 atom stereocenters. The van der Waals surface area contributed by atoms with Crippen LogP contribution in [0.1, 0.15) is 35.0 Å². The standard InChI is InChI=1S/C16H17NO2/c1-11-5-6-14-13(10-11)4-3-9-17(14)16-8-7-15(19-16)12(2)18/h5-8,10H,3-4,9H2,1-2H3. The first kappa shape index (κ1) is 12.0. The predicted octanol–water partition coefficient (Wildman–Crippen LogP) is 3.87. The highest BCUT2D eigenvalue weighted by Gasteiger charge is 2.21. The highest BCUT2D eigenvalue weighted by Crippen LogP contribution is 2.34. The van der Waals surface area contributed by atoms with Gasteiger partial charge in [0.25, 0.3) is 0 Å². The Morgan fingerprint density at radius 2 is 2.11 bits per heavy atom. The average molecular weight is 255 g/mol. The lowest BCUT2D eigenvalue weighted by atomic mass is 10.00. The first-order valence-corrected chi connectivity index (χ1v) is 6.63. The van der Waals surface area contributed by atoms with Gasteiger partial charge in [0.1, 0.15) is 0 Å². The molecule has 98 valence electrons. The maximum Gasteiger partial charge on any atom is 0.200 e. The van der Waals surface area contributed by atoms with Crippen LogP contribution in [0.4, 0.5) is 11.6 Å². The predicted molar refractivity (Wildman–Crippen MR) is 75.2 cm³/mol. The van der Waals surface area contributed by atoms with Crippen LogP contribution in [0, 0.1) is 6.92 Å². The van der Waals surface area contributed by atoms with E-state index >= 15 is 0 Å². The molecule has 1 aliphatic heterocycles. The van der Waals surface area contributed by atoms with Crippen molar-refractivity contribution in [3.8, 4) is 0 Å². The second-order valence-electron chi connectivity index (χ2n) is 5.08. The number of hydrogen-bond donors (Lipinski definition) is 0. The van der Waals surface area contributed by atoms with E-state index in [0.717, 1.165) is 25.3 Å². The van der Waals surface area contributed by atoms with Gasteiger partial charge in [0.15, 0.2) is 11.5 Å². The molecule has 0 saturated carbocycles. The number of Topliss-reactive ketones (excluding diaryl/α,β-unsaturated/α-hetero) is 1. The third-order valence-corrected chi connectivity index (χ3v) is 3.56. The zero-order valence-corrected chi connectivity index (χ0v) is 11.3. The van der Waals surface area contributed by atoms with E-state index in [1.54, 1.807) is 6.07 Å². The van der Waals surface area contributed by atoms with Crippen molar-refractivity contribution in [3.05, 3.63) is 47.2 Å². The van der Waals surface area contributed by atoms with Crippen LogP contribution in [0.25, 0.3) is 0 Å². The minimum Gasteiger partial charge on any atom is -0.437 e. The summed E-state index contributed by atoms with van der Waals surface area (Å²) in [5, 5.41) is 0. The lowest BCUT2D eigenvalue weighted by Crippen LogP contribution is -2.24. The molecule has 0 saturated heterocycles. The van der Waals surface area contributed by atoms with E-state index in [4.69, 9.17) is 4.42 Å². The van der Waals surface area contributed by atoms with Gasteiger partial charge in [-0.15, -0.1) is 0 Å². The fourth-order valence-electron chi connectivity index (χ4n) is 2.62. The van der Waals surface area contributed by atoms with E-state index in [2.05, 4.69) is 30.0 Å². The molecule has 0 aliphatic carbocycles. The van der Waals surface area contributed by atoms with Gasteiger partial charge < -0.3 is 9.32 Å². The first-order chi connectivity index (χ1) is 9.15. The number of hydrogen-bond acceptors (Lipinski definition) is 3. The van der Waals surface area contributed by atoms with Gasteiger partial charge in [-0.2, -0.15) is 0 Å². The maximum atomic E-state index is 11.3. The number of furan rings is 1. The highest BCUT2D eigenvalue weighted by atomic mass is 16.4. The lowest BCUT2D eigenvalue weighted by molar-refractivity contribution is 0.0988. The van der Waals surface area contributed by atoms with Crippen molar-refractivity contribution in [3.63, 3.8) is 0 Å². The van der Waals surface area contributed by atoms with Gasteiger partial charge in [-0.3, -0.25) is 4.79 Å². The Kier molecular flexibility index (Phi) is 2.90. The Morgan fingerprint density at radius 1 is 1.26 bits per heavy atom. The molecule has 0 amide bonds. The topological polar surface area (TPSA) is 33.5 Å². The monoisotopic (exact) mass is 255 g/mol. The fraction of sp³-hybridized carbons (Fsp3) is 0.312. The van der Waals surface area contributed by atoms with E-state index in [9.17, 15) is 4.79 Å². The smallest absolute Gasteiger partial charge is 0.200 e. The zero-order chi connectivity index (χ0) is 13.4. The molecule has 0 spiro atoms. The third-order valence-electron chi connectivity index (χ3n) is 3.56. The second kappa shape index (κ2) is 4.57. The molecule has 3 rings (SSSR count). The summed E-state index contributed by atoms with van der Waals surface area (Å²) in [6, 6.07) is 10.1. The molecule has 3 heteroatoms. The van der Waals surface area contributed by atoms with Gasteiger partial charge in [-0.05, 0) is 37.5 Å². The summed E-state index contributed by atoms with van der Waals surface area (Å²) in [5.74, 6) is 1.15. The number of benzene rings is 1. The number of nitrogens with zero attached hydrogens (tertiary/aromatic N) is 1. The number of fused-ring (bicyclic) bond motifs is 1. The SMILES string of the molecule is CC(=O)c1ccc(N2CCCc3cc(C)ccc32)o1. The Bertz CT molecular complexity index is 627. The minimum absolute atomic E-state index is 0.0348. The summed E-state index contributed by atoms with van der Waals surface area (Å²) >= 11 is 0. The van der Waals surface area contributed by atoms with E-state index in [1.807, 2.05) is 6.07 Å². The number of ketones is 1. The third kappa shape index (κ3) is 2.16. The van der Waals surface area contributed by atoms with Crippen molar-refractivity contribution in [2.24, 2.45) is 0 Å². The number of carbonyl (C=O) groups is 1. The highest BCUT2D eigenvalue weighted by molar-refractivity contribution is 5.91. The molecular weight excluding hydrogens is 238 g/mol. The zero-order valence-electron chi connectivity index (χ0n) is 11.3. The molecular formula is C16H17NO2. The summed E-state index contributed by atoms with van der Waals surface area (Å²) in [7, 11) is 0. The fourth-order valence-corrected chi connectivity index (χ4v) is 2.62. The molecule has 0 unspecified atom stereocenters. The Morgan fingerprint density at radius 3 is 2.84 bits per heavy atom. The average Bonchev–Trinajstić information content (AvgIpc) is 2.87. The van der Waals surface area contributed by atoms with Crippen LogP contribution in [0.3, 0.4) is 0 Å². The van der Waals surface area contributed by atoms with E-state index in [1.165, 1.54) is 23.7 Å². The molecule has 0 N–H and O–H groups in total.